The number of nitrogens with zero attached hydrogens (tertiary/aromatic N) is 1. The first-order valence-electron chi connectivity index (χ1n) is 6.58. The molecule has 0 aromatic carbocycles. The topological polar surface area (TPSA) is 125 Å². The third-order valence-corrected chi connectivity index (χ3v) is 4.69. The van der Waals surface area contributed by atoms with Gasteiger partial charge in [-0.05, 0) is 14.0 Å². The van der Waals surface area contributed by atoms with Crippen LogP contribution in [0.5, 0.6) is 0 Å². The fourth-order valence-electron chi connectivity index (χ4n) is 2.11. The molecule has 2 amide bonds. The van der Waals surface area contributed by atoms with Crippen LogP contribution in [0.3, 0.4) is 0 Å². The molecule has 0 aromatic rings. The molecule has 0 aliphatic carbocycles. The van der Waals surface area contributed by atoms with Crippen molar-refractivity contribution in [1.82, 2.24) is 14.9 Å². The molecule has 0 radical (unpaired) electrons. The Kier molecular flexibility index (Phi) is 6.37. The SMILES string of the molecule is CCN(C(=O)NCCS(=O)(=O)NC)C1COCC1C(=O)O. The van der Waals surface area contributed by atoms with E-state index in [4.69, 9.17) is 9.84 Å². The van der Waals surface area contributed by atoms with Gasteiger partial charge in [-0.1, -0.05) is 0 Å². The molecule has 1 fully saturated rings. The minimum atomic E-state index is -3.39. The number of carboxylic acids is 1. The predicted molar refractivity (Wildman–Crippen MR) is 74.4 cm³/mol. The van der Waals surface area contributed by atoms with Crippen molar-refractivity contribution in [3.63, 3.8) is 0 Å². The summed E-state index contributed by atoms with van der Waals surface area (Å²) in [5.74, 6) is -2.02. The van der Waals surface area contributed by atoms with Gasteiger partial charge in [0.25, 0.3) is 0 Å². The van der Waals surface area contributed by atoms with Crippen molar-refractivity contribution in [2.75, 3.05) is 39.1 Å². The number of nitrogens with one attached hydrogen (secondary N) is 2. The number of carbonyl (C=O) groups is 2. The molecule has 1 aliphatic rings. The van der Waals surface area contributed by atoms with E-state index in [-0.39, 0.29) is 25.5 Å². The Labute approximate surface area is 123 Å². The first kappa shape index (κ1) is 17.7. The first-order chi connectivity index (χ1) is 9.82. The quantitative estimate of drug-likeness (QED) is 0.533. The third-order valence-electron chi connectivity index (χ3n) is 3.33. The van der Waals surface area contributed by atoms with Crippen LogP contribution < -0.4 is 10.0 Å². The molecule has 10 heteroatoms. The van der Waals surface area contributed by atoms with Gasteiger partial charge in [0, 0.05) is 13.1 Å². The molecular weight excluding hydrogens is 302 g/mol. The largest absolute Gasteiger partial charge is 0.481 e. The second kappa shape index (κ2) is 7.57. The Morgan fingerprint density at radius 2 is 2.05 bits per heavy atom. The standard InChI is InChI=1S/C11H21N3O6S/c1-3-14(9-7-20-6-8(9)10(15)16)11(17)13-4-5-21(18,19)12-2/h8-9,12H,3-7H2,1-2H3,(H,13,17)(H,15,16). The number of amides is 2. The normalized spacial score (nSPS) is 22.0. The molecule has 9 nitrogen and oxygen atoms in total. The van der Waals surface area contributed by atoms with Crippen LogP contribution in [0, 0.1) is 5.92 Å². The molecule has 2 atom stereocenters. The van der Waals surface area contributed by atoms with E-state index in [9.17, 15) is 18.0 Å². The Morgan fingerprint density at radius 1 is 1.38 bits per heavy atom. The lowest BCUT2D eigenvalue weighted by molar-refractivity contribution is -0.142. The van der Waals surface area contributed by atoms with Gasteiger partial charge >= 0.3 is 12.0 Å². The molecule has 3 N–H and O–H groups in total. The molecule has 0 spiro atoms. The van der Waals surface area contributed by atoms with Crippen molar-refractivity contribution in [3.8, 4) is 0 Å². The molecule has 1 heterocycles. The highest BCUT2D eigenvalue weighted by Gasteiger charge is 2.39. The summed E-state index contributed by atoms with van der Waals surface area (Å²) in [6.07, 6.45) is 0. The van der Waals surface area contributed by atoms with E-state index < -0.39 is 34.0 Å². The van der Waals surface area contributed by atoms with Crippen molar-refractivity contribution in [1.29, 1.82) is 0 Å². The van der Waals surface area contributed by atoms with Crippen molar-refractivity contribution in [2.24, 2.45) is 5.92 Å². The van der Waals surface area contributed by atoms with E-state index in [0.29, 0.717) is 6.54 Å². The zero-order chi connectivity index (χ0) is 16.0. The van der Waals surface area contributed by atoms with Crippen LogP contribution in [0.1, 0.15) is 6.92 Å². The summed E-state index contributed by atoms with van der Waals surface area (Å²) < 4.78 is 29.8. The molecule has 1 rings (SSSR count). The number of ether oxygens (including phenoxy) is 1. The highest BCUT2D eigenvalue weighted by atomic mass is 32.2. The van der Waals surface area contributed by atoms with E-state index in [1.165, 1.54) is 11.9 Å². The fourth-order valence-corrected chi connectivity index (χ4v) is 2.69. The van der Waals surface area contributed by atoms with Gasteiger partial charge in [0.15, 0.2) is 0 Å². The fraction of sp³-hybridized carbons (Fsp3) is 0.818. The minimum Gasteiger partial charge on any atom is -0.481 e. The lowest BCUT2D eigenvalue weighted by Gasteiger charge is -2.29. The van der Waals surface area contributed by atoms with E-state index in [1.807, 2.05) is 0 Å². The summed E-state index contributed by atoms with van der Waals surface area (Å²) in [5, 5.41) is 11.6. The number of aliphatic carboxylic acids is 1. The lowest BCUT2D eigenvalue weighted by Crippen LogP contribution is -2.51. The summed E-state index contributed by atoms with van der Waals surface area (Å²) in [7, 11) is -2.10. The molecule has 1 saturated heterocycles. The number of likely N-dealkylation sites (N-methyl/N-ethyl adjacent to an activating group) is 1. The maximum absolute atomic E-state index is 12.1. The Bertz CT molecular complexity index is 480. The van der Waals surface area contributed by atoms with Gasteiger partial charge in [0.2, 0.25) is 10.0 Å². The highest BCUT2D eigenvalue weighted by Crippen LogP contribution is 2.20. The van der Waals surface area contributed by atoms with Crippen LogP contribution in [0.25, 0.3) is 0 Å². The zero-order valence-electron chi connectivity index (χ0n) is 12.0. The second-order valence-corrected chi connectivity index (χ2v) is 6.64. The van der Waals surface area contributed by atoms with E-state index in [2.05, 4.69) is 10.0 Å². The summed E-state index contributed by atoms with van der Waals surface area (Å²) >= 11 is 0. The first-order valence-corrected chi connectivity index (χ1v) is 8.23. The maximum Gasteiger partial charge on any atom is 0.317 e. The number of hydrogen-bond acceptors (Lipinski definition) is 5. The summed E-state index contributed by atoms with van der Waals surface area (Å²) in [6, 6.07) is -1.04. The molecule has 122 valence electrons. The van der Waals surface area contributed by atoms with Crippen molar-refractivity contribution in [3.05, 3.63) is 0 Å². The molecule has 0 aromatic heterocycles. The molecule has 0 saturated carbocycles. The number of sulfonamides is 1. The molecule has 0 bridgehead atoms. The Balaban J connectivity index is 2.59. The van der Waals surface area contributed by atoms with Gasteiger partial charge < -0.3 is 20.1 Å². The monoisotopic (exact) mass is 323 g/mol. The van der Waals surface area contributed by atoms with Crippen LogP contribution in [0.4, 0.5) is 4.79 Å². The average molecular weight is 323 g/mol. The van der Waals surface area contributed by atoms with Gasteiger partial charge in [-0.15, -0.1) is 0 Å². The van der Waals surface area contributed by atoms with Gasteiger partial charge in [-0.3, -0.25) is 4.79 Å². The van der Waals surface area contributed by atoms with Crippen molar-refractivity contribution in [2.45, 2.75) is 13.0 Å². The van der Waals surface area contributed by atoms with Gasteiger partial charge in [-0.25, -0.2) is 17.9 Å². The number of carbonyl (C=O) groups excluding carboxylic acids is 1. The van der Waals surface area contributed by atoms with E-state index >= 15 is 0 Å². The van der Waals surface area contributed by atoms with Gasteiger partial charge in [0.1, 0.15) is 5.92 Å². The summed E-state index contributed by atoms with van der Waals surface area (Å²) in [6.45, 7) is 2.21. The number of urea groups is 1. The van der Waals surface area contributed by atoms with Crippen LogP contribution in [0.15, 0.2) is 0 Å². The zero-order valence-corrected chi connectivity index (χ0v) is 12.9. The summed E-state index contributed by atoms with van der Waals surface area (Å²) in [4.78, 5) is 24.5. The van der Waals surface area contributed by atoms with Crippen LogP contribution in [-0.2, 0) is 19.6 Å². The molecule has 1 aliphatic heterocycles. The van der Waals surface area contributed by atoms with Crippen molar-refractivity contribution < 1.29 is 27.9 Å². The molecule has 21 heavy (non-hydrogen) atoms. The smallest absolute Gasteiger partial charge is 0.317 e. The Morgan fingerprint density at radius 3 is 2.57 bits per heavy atom. The Hall–Kier alpha value is -1.39. The number of carboxylic acid groups (broad SMARTS) is 1. The lowest BCUT2D eigenvalue weighted by atomic mass is 10.0. The number of hydrogen-bond donors (Lipinski definition) is 3. The molecular formula is C11H21N3O6S. The van der Waals surface area contributed by atoms with E-state index in [1.54, 1.807) is 6.92 Å². The maximum atomic E-state index is 12.1. The van der Waals surface area contributed by atoms with Crippen LogP contribution in [-0.4, -0.2) is 75.6 Å². The molecule has 2 unspecified atom stereocenters. The number of rotatable bonds is 7. The highest BCUT2D eigenvalue weighted by molar-refractivity contribution is 7.89. The predicted octanol–water partition coefficient (Wildman–Crippen LogP) is -1.33. The van der Waals surface area contributed by atoms with Crippen LogP contribution in [0.2, 0.25) is 0 Å². The van der Waals surface area contributed by atoms with Gasteiger partial charge in [0.05, 0.1) is 25.0 Å². The van der Waals surface area contributed by atoms with E-state index in [0.717, 1.165) is 0 Å². The second-order valence-electron chi connectivity index (χ2n) is 4.59. The van der Waals surface area contributed by atoms with Crippen molar-refractivity contribution >= 4 is 22.0 Å². The van der Waals surface area contributed by atoms with Crippen LogP contribution >= 0.6 is 0 Å². The van der Waals surface area contributed by atoms with Gasteiger partial charge in [-0.2, -0.15) is 0 Å². The average Bonchev–Trinajstić information content (AvgIpc) is 2.89. The minimum absolute atomic E-state index is 0.0518. The third kappa shape index (κ3) is 4.83. The summed E-state index contributed by atoms with van der Waals surface area (Å²) in [5.41, 5.74) is 0.